The van der Waals surface area contributed by atoms with Crippen LogP contribution in [0.15, 0.2) is 24.3 Å². The molecule has 3 N–H and O–H groups in total. The van der Waals surface area contributed by atoms with Crippen LogP contribution in [0.2, 0.25) is 0 Å². The summed E-state index contributed by atoms with van der Waals surface area (Å²) in [6, 6.07) is 7.46. The van der Waals surface area contributed by atoms with E-state index in [0.717, 1.165) is 18.5 Å². The number of anilines is 1. The molecule has 0 aliphatic carbocycles. The maximum atomic E-state index is 11.9. The SMILES string of the molecule is CCOC(=O)c1ccccc1NC(CCCN)COC. The predicted octanol–water partition coefficient (Wildman–Crippen LogP) is 2.03. The van der Waals surface area contributed by atoms with Gasteiger partial charge in [-0.25, -0.2) is 4.79 Å². The lowest BCUT2D eigenvalue weighted by molar-refractivity contribution is 0.0527. The molecule has 0 spiro atoms. The summed E-state index contributed by atoms with van der Waals surface area (Å²) in [7, 11) is 1.66. The van der Waals surface area contributed by atoms with Gasteiger partial charge in [0, 0.05) is 18.8 Å². The lowest BCUT2D eigenvalue weighted by Gasteiger charge is -2.20. The molecule has 20 heavy (non-hydrogen) atoms. The fourth-order valence-corrected chi connectivity index (χ4v) is 1.98. The second-order valence-electron chi connectivity index (χ2n) is 4.49. The van der Waals surface area contributed by atoms with E-state index >= 15 is 0 Å². The smallest absolute Gasteiger partial charge is 0.340 e. The second kappa shape index (κ2) is 9.34. The summed E-state index contributed by atoms with van der Waals surface area (Å²) in [5.74, 6) is -0.314. The standard InChI is InChI=1S/C15H24N2O3/c1-3-20-15(18)13-8-4-5-9-14(13)17-12(11-19-2)7-6-10-16/h4-5,8-9,12,17H,3,6-7,10-11,16H2,1-2H3. The van der Waals surface area contributed by atoms with Crippen LogP contribution in [0.3, 0.4) is 0 Å². The lowest BCUT2D eigenvalue weighted by Crippen LogP contribution is -2.27. The fraction of sp³-hybridized carbons (Fsp3) is 0.533. The van der Waals surface area contributed by atoms with Gasteiger partial charge in [0.15, 0.2) is 0 Å². The summed E-state index contributed by atoms with van der Waals surface area (Å²) in [5, 5.41) is 3.34. The molecule has 0 radical (unpaired) electrons. The Hall–Kier alpha value is -1.59. The average Bonchev–Trinajstić information content (AvgIpc) is 2.46. The van der Waals surface area contributed by atoms with Gasteiger partial charge in [0.25, 0.3) is 0 Å². The van der Waals surface area contributed by atoms with Gasteiger partial charge in [-0.1, -0.05) is 12.1 Å². The first-order valence-electron chi connectivity index (χ1n) is 6.94. The molecule has 0 aliphatic heterocycles. The molecule has 1 unspecified atom stereocenters. The lowest BCUT2D eigenvalue weighted by atomic mass is 10.1. The molecular weight excluding hydrogens is 256 g/mol. The Labute approximate surface area is 120 Å². The van der Waals surface area contributed by atoms with Gasteiger partial charge in [-0.2, -0.15) is 0 Å². The number of methoxy groups -OCH3 is 1. The Bertz CT molecular complexity index is 410. The van der Waals surface area contributed by atoms with E-state index in [4.69, 9.17) is 15.2 Å². The summed E-state index contributed by atoms with van der Waals surface area (Å²) < 4.78 is 10.3. The van der Waals surface area contributed by atoms with Gasteiger partial charge in [0.2, 0.25) is 0 Å². The molecule has 0 aliphatic rings. The maximum absolute atomic E-state index is 11.9. The number of hydrogen-bond donors (Lipinski definition) is 2. The average molecular weight is 280 g/mol. The Morgan fingerprint density at radius 3 is 2.80 bits per heavy atom. The van der Waals surface area contributed by atoms with E-state index in [1.807, 2.05) is 18.2 Å². The van der Waals surface area contributed by atoms with Crippen molar-refractivity contribution in [2.75, 3.05) is 32.2 Å². The maximum Gasteiger partial charge on any atom is 0.340 e. The number of carbonyl (C=O) groups is 1. The molecule has 0 bridgehead atoms. The van der Waals surface area contributed by atoms with Crippen molar-refractivity contribution in [3.05, 3.63) is 29.8 Å². The van der Waals surface area contributed by atoms with E-state index in [1.54, 1.807) is 20.1 Å². The van der Waals surface area contributed by atoms with E-state index < -0.39 is 0 Å². The number of para-hydroxylation sites is 1. The third kappa shape index (κ3) is 5.19. The fourth-order valence-electron chi connectivity index (χ4n) is 1.98. The number of nitrogens with two attached hydrogens (primary N) is 1. The summed E-state index contributed by atoms with van der Waals surface area (Å²) >= 11 is 0. The van der Waals surface area contributed by atoms with Gasteiger partial charge in [-0.3, -0.25) is 0 Å². The van der Waals surface area contributed by atoms with Crippen LogP contribution in [0.25, 0.3) is 0 Å². The normalized spacial score (nSPS) is 11.9. The first-order valence-corrected chi connectivity index (χ1v) is 6.94. The molecule has 0 saturated carbocycles. The first kappa shape index (κ1) is 16.5. The van der Waals surface area contributed by atoms with Gasteiger partial charge < -0.3 is 20.5 Å². The van der Waals surface area contributed by atoms with E-state index in [0.29, 0.717) is 25.3 Å². The number of ether oxygens (including phenoxy) is 2. The molecule has 1 aromatic carbocycles. The first-order chi connectivity index (χ1) is 9.72. The molecule has 0 fully saturated rings. The zero-order valence-electron chi connectivity index (χ0n) is 12.2. The molecule has 1 rings (SSSR count). The summed E-state index contributed by atoms with van der Waals surface area (Å²) in [4.78, 5) is 11.9. The van der Waals surface area contributed by atoms with Crippen LogP contribution in [0.1, 0.15) is 30.1 Å². The van der Waals surface area contributed by atoms with Crippen molar-refractivity contribution in [2.45, 2.75) is 25.8 Å². The zero-order valence-corrected chi connectivity index (χ0v) is 12.2. The predicted molar refractivity (Wildman–Crippen MR) is 80.0 cm³/mol. The van der Waals surface area contributed by atoms with Crippen LogP contribution in [0, 0.1) is 0 Å². The van der Waals surface area contributed by atoms with E-state index in [9.17, 15) is 4.79 Å². The second-order valence-corrected chi connectivity index (χ2v) is 4.49. The van der Waals surface area contributed by atoms with Crippen molar-refractivity contribution >= 4 is 11.7 Å². The zero-order chi connectivity index (χ0) is 14.8. The largest absolute Gasteiger partial charge is 0.462 e. The van der Waals surface area contributed by atoms with Crippen molar-refractivity contribution in [1.82, 2.24) is 0 Å². The minimum atomic E-state index is -0.314. The molecule has 0 heterocycles. The molecule has 0 saturated heterocycles. The van der Waals surface area contributed by atoms with E-state index in [1.165, 1.54) is 0 Å². The Morgan fingerprint density at radius 2 is 2.15 bits per heavy atom. The Kier molecular flexibility index (Phi) is 7.69. The quantitative estimate of drug-likeness (QED) is 0.677. The van der Waals surface area contributed by atoms with E-state index in [2.05, 4.69) is 5.32 Å². The highest BCUT2D eigenvalue weighted by molar-refractivity contribution is 5.95. The molecule has 1 atom stereocenters. The number of carbonyl (C=O) groups excluding carboxylic acids is 1. The molecule has 5 nitrogen and oxygen atoms in total. The van der Waals surface area contributed by atoms with Crippen molar-refractivity contribution in [3.63, 3.8) is 0 Å². The molecule has 5 heteroatoms. The highest BCUT2D eigenvalue weighted by Gasteiger charge is 2.15. The Morgan fingerprint density at radius 1 is 1.40 bits per heavy atom. The van der Waals surface area contributed by atoms with Crippen LogP contribution >= 0.6 is 0 Å². The number of nitrogens with one attached hydrogen (secondary N) is 1. The van der Waals surface area contributed by atoms with Gasteiger partial charge >= 0.3 is 5.97 Å². The van der Waals surface area contributed by atoms with Gasteiger partial charge in [0.05, 0.1) is 18.8 Å². The Balaban J connectivity index is 2.80. The van der Waals surface area contributed by atoms with Crippen LogP contribution in [-0.4, -0.2) is 38.9 Å². The van der Waals surface area contributed by atoms with Gasteiger partial charge in [0.1, 0.15) is 0 Å². The summed E-state index contributed by atoms with van der Waals surface area (Å²) in [6.45, 7) is 3.36. The number of benzene rings is 1. The molecule has 0 aromatic heterocycles. The van der Waals surface area contributed by atoms with Gasteiger partial charge in [-0.15, -0.1) is 0 Å². The highest BCUT2D eigenvalue weighted by Crippen LogP contribution is 2.18. The third-order valence-electron chi connectivity index (χ3n) is 2.91. The minimum Gasteiger partial charge on any atom is -0.462 e. The molecule has 112 valence electrons. The molecular formula is C15H24N2O3. The molecule has 0 amide bonds. The van der Waals surface area contributed by atoms with Gasteiger partial charge in [-0.05, 0) is 38.4 Å². The highest BCUT2D eigenvalue weighted by atomic mass is 16.5. The topological polar surface area (TPSA) is 73.6 Å². The van der Waals surface area contributed by atoms with Crippen LogP contribution in [0.5, 0.6) is 0 Å². The number of hydrogen-bond acceptors (Lipinski definition) is 5. The monoisotopic (exact) mass is 280 g/mol. The number of esters is 1. The number of rotatable bonds is 9. The van der Waals surface area contributed by atoms with Crippen molar-refractivity contribution in [2.24, 2.45) is 5.73 Å². The minimum absolute atomic E-state index is 0.124. The molecule has 1 aromatic rings. The van der Waals surface area contributed by atoms with E-state index in [-0.39, 0.29) is 12.0 Å². The van der Waals surface area contributed by atoms with Crippen molar-refractivity contribution < 1.29 is 14.3 Å². The van der Waals surface area contributed by atoms with Crippen LogP contribution in [-0.2, 0) is 9.47 Å². The van der Waals surface area contributed by atoms with Crippen molar-refractivity contribution in [3.8, 4) is 0 Å². The summed E-state index contributed by atoms with van der Waals surface area (Å²) in [6.07, 6.45) is 1.80. The van der Waals surface area contributed by atoms with Crippen LogP contribution in [0.4, 0.5) is 5.69 Å². The summed E-state index contributed by atoms with van der Waals surface area (Å²) in [5.41, 5.74) is 6.85. The van der Waals surface area contributed by atoms with Crippen molar-refractivity contribution in [1.29, 1.82) is 0 Å². The third-order valence-corrected chi connectivity index (χ3v) is 2.91. The van der Waals surface area contributed by atoms with Crippen LogP contribution < -0.4 is 11.1 Å².